The van der Waals surface area contributed by atoms with Crippen LogP contribution in [0.25, 0.3) is 5.69 Å². The molecule has 1 amide bonds. The molecule has 1 N–H and O–H groups in total. The molecule has 0 aliphatic heterocycles. The maximum atomic E-state index is 12.1. The number of anilines is 1. The first-order valence-corrected chi connectivity index (χ1v) is 7.62. The van der Waals surface area contributed by atoms with Crippen molar-refractivity contribution in [3.63, 3.8) is 0 Å². The van der Waals surface area contributed by atoms with Crippen molar-refractivity contribution < 1.29 is 14.1 Å². The first-order valence-electron chi connectivity index (χ1n) is 7.24. The maximum Gasteiger partial charge on any atom is 0.266 e. The van der Waals surface area contributed by atoms with Crippen molar-refractivity contribution in [1.82, 2.24) is 14.9 Å². The third-order valence-electron chi connectivity index (χ3n) is 3.20. The smallest absolute Gasteiger partial charge is 0.266 e. The average Bonchev–Trinajstić information content (AvgIpc) is 3.14. The summed E-state index contributed by atoms with van der Waals surface area (Å²) in [4.78, 5) is 12.1. The number of benzene rings is 1. The molecule has 3 aromatic rings. The fraction of sp³-hybridized carbons (Fsp3) is 0.188. The Bertz CT molecular complexity index is 844. The molecule has 1 atom stereocenters. The van der Waals surface area contributed by atoms with Crippen molar-refractivity contribution in [2.24, 2.45) is 0 Å². The molecule has 8 heteroatoms. The highest BCUT2D eigenvalue weighted by molar-refractivity contribution is 6.31. The molecule has 2 aromatic heterocycles. The van der Waals surface area contributed by atoms with E-state index in [0.717, 1.165) is 5.69 Å². The Balaban J connectivity index is 1.69. The van der Waals surface area contributed by atoms with Crippen molar-refractivity contribution in [2.45, 2.75) is 20.0 Å². The molecule has 24 heavy (non-hydrogen) atoms. The Hall–Kier alpha value is -2.80. The van der Waals surface area contributed by atoms with Crippen LogP contribution in [0.2, 0.25) is 5.02 Å². The lowest BCUT2D eigenvalue weighted by Gasteiger charge is -2.11. The second kappa shape index (κ2) is 6.76. The number of amides is 1. The molecule has 0 fully saturated rings. The minimum atomic E-state index is -0.807. The van der Waals surface area contributed by atoms with Crippen LogP contribution >= 0.6 is 11.6 Å². The van der Waals surface area contributed by atoms with E-state index in [-0.39, 0.29) is 11.8 Å². The number of aromatic nitrogens is 3. The Labute approximate surface area is 143 Å². The fourth-order valence-electron chi connectivity index (χ4n) is 2.00. The lowest BCUT2D eigenvalue weighted by molar-refractivity contribution is -0.122. The number of carbonyl (C=O) groups is 1. The molecule has 0 saturated heterocycles. The number of carbonyl (C=O) groups excluding carboxylic acids is 1. The summed E-state index contributed by atoms with van der Waals surface area (Å²) in [6.07, 6.45) is 0.816. The average molecular weight is 347 g/mol. The van der Waals surface area contributed by atoms with Gasteiger partial charge in [0.1, 0.15) is 10.8 Å². The van der Waals surface area contributed by atoms with Gasteiger partial charge in [-0.3, -0.25) is 4.79 Å². The van der Waals surface area contributed by atoms with E-state index < -0.39 is 6.10 Å². The lowest BCUT2D eigenvalue weighted by Crippen LogP contribution is -2.30. The predicted molar refractivity (Wildman–Crippen MR) is 88.5 cm³/mol. The van der Waals surface area contributed by atoms with Gasteiger partial charge in [0.15, 0.2) is 11.9 Å². The van der Waals surface area contributed by atoms with Gasteiger partial charge in [0.2, 0.25) is 0 Å². The van der Waals surface area contributed by atoms with Gasteiger partial charge in [-0.15, -0.1) is 5.10 Å². The van der Waals surface area contributed by atoms with Crippen LogP contribution < -0.4 is 10.1 Å². The lowest BCUT2D eigenvalue weighted by atomic mass is 10.3. The molecular formula is C16H15ClN4O3. The Morgan fingerprint density at radius 3 is 2.79 bits per heavy atom. The summed E-state index contributed by atoms with van der Waals surface area (Å²) in [7, 11) is 0. The molecular weight excluding hydrogens is 332 g/mol. The summed E-state index contributed by atoms with van der Waals surface area (Å²) in [6.45, 7) is 3.33. The number of hydrogen-bond donors (Lipinski definition) is 1. The zero-order valence-electron chi connectivity index (χ0n) is 13.1. The minimum Gasteiger partial charge on any atom is -0.462 e. The SMILES string of the molecule is Cc1cc(NC(=O)C(C)Oc2nn(-c3ccccc3)cc2Cl)no1. The summed E-state index contributed by atoms with van der Waals surface area (Å²) < 4.78 is 12.0. The molecule has 0 spiro atoms. The number of para-hydroxylation sites is 1. The summed E-state index contributed by atoms with van der Waals surface area (Å²) in [5, 5.41) is 10.9. The van der Waals surface area contributed by atoms with Gasteiger partial charge >= 0.3 is 0 Å². The second-order valence-corrected chi connectivity index (χ2v) is 5.54. The molecule has 0 aliphatic rings. The van der Waals surface area contributed by atoms with Crippen molar-refractivity contribution in [1.29, 1.82) is 0 Å². The first-order chi connectivity index (χ1) is 11.5. The molecule has 3 rings (SSSR count). The molecule has 0 radical (unpaired) electrons. The van der Waals surface area contributed by atoms with Gasteiger partial charge in [-0.25, -0.2) is 4.68 Å². The minimum absolute atomic E-state index is 0.180. The van der Waals surface area contributed by atoms with Gasteiger partial charge in [-0.2, -0.15) is 0 Å². The van der Waals surface area contributed by atoms with Crippen molar-refractivity contribution in [3.05, 3.63) is 53.4 Å². The van der Waals surface area contributed by atoms with Crippen molar-refractivity contribution >= 4 is 23.3 Å². The third kappa shape index (κ3) is 3.57. The van der Waals surface area contributed by atoms with Crippen molar-refractivity contribution in [3.8, 4) is 11.6 Å². The number of rotatable bonds is 5. The molecule has 0 aliphatic carbocycles. The quantitative estimate of drug-likeness (QED) is 0.767. The van der Waals surface area contributed by atoms with Crippen LogP contribution in [0.3, 0.4) is 0 Å². The number of aryl methyl sites for hydroxylation is 1. The van der Waals surface area contributed by atoms with E-state index in [1.165, 1.54) is 0 Å². The standard InChI is InChI=1S/C16H15ClN4O3/c1-10-8-14(20-24-10)18-15(22)11(2)23-16-13(17)9-21(19-16)12-6-4-3-5-7-12/h3-9,11H,1-2H3,(H,18,20,22). The van der Waals surface area contributed by atoms with E-state index >= 15 is 0 Å². The van der Waals surface area contributed by atoms with Crippen LogP contribution in [0, 0.1) is 6.92 Å². The van der Waals surface area contributed by atoms with E-state index in [1.54, 1.807) is 30.8 Å². The monoisotopic (exact) mass is 346 g/mol. The van der Waals surface area contributed by atoms with Gasteiger partial charge in [0.05, 0.1) is 11.9 Å². The van der Waals surface area contributed by atoms with Gasteiger partial charge in [-0.05, 0) is 26.0 Å². The van der Waals surface area contributed by atoms with Gasteiger partial charge < -0.3 is 14.6 Å². The highest BCUT2D eigenvalue weighted by Gasteiger charge is 2.20. The zero-order chi connectivity index (χ0) is 17.1. The molecule has 0 saturated carbocycles. The van der Waals surface area contributed by atoms with E-state index in [4.69, 9.17) is 20.9 Å². The number of nitrogens with zero attached hydrogens (tertiary/aromatic N) is 3. The molecule has 7 nitrogen and oxygen atoms in total. The highest BCUT2D eigenvalue weighted by Crippen LogP contribution is 2.25. The predicted octanol–water partition coefficient (Wildman–Crippen LogP) is 3.23. The second-order valence-electron chi connectivity index (χ2n) is 5.13. The summed E-state index contributed by atoms with van der Waals surface area (Å²) in [5.74, 6) is 0.727. The summed E-state index contributed by atoms with van der Waals surface area (Å²) >= 11 is 6.14. The normalized spacial score (nSPS) is 12.0. The molecule has 1 unspecified atom stereocenters. The highest BCUT2D eigenvalue weighted by atomic mass is 35.5. The van der Waals surface area contributed by atoms with Crippen LogP contribution in [0.1, 0.15) is 12.7 Å². The number of hydrogen-bond acceptors (Lipinski definition) is 5. The van der Waals surface area contributed by atoms with E-state index in [9.17, 15) is 4.79 Å². The number of halogens is 1. The number of ether oxygens (including phenoxy) is 1. The fourth-order valence-corrected chi connectivity index (χ4v) is 2.18. The molecule has 1 aromatic carbocycles. The van der Waals surface area contributed by atoms with Crippen molar-refractivity contribution in [2.75, 3.05) is 5.32 Å². The van der Waals surface area contributed by atoms with Crippen LogP contribution in [0.15, 0.2) is 47.1 Å². The van der Waals surface area contributed by atoms with Crippen LogP contribution in [0.4, 0.5) is 5.82 Å². The molecule has 2 heterocycles. The summed E-state index contributed by atoms with van der Waals surface area (Å²) in [5.41, 5.74) is 0.837. The zero-order valence-corrected chi connectivity index (χ0v) is 13.8. The van der Waals surface area contributed by atoms with E-state index in [1.807, 2.05) is 30.3 Å². The van der Waals surface area contributed by atoms with E-state index in [0.29, 0.717) is 16.6 Å². The van der Waals surface area contributed by atoms with E-state index in [2.05, 4.69) is 15.6 Å². The van der Waals surface area contributed by atoms with Gasteiger partial charge in [-0.1, -0.05) is 35.0 Å². The van der Waals surface area contributed by atoms with Crippen LogP contribution in [0.5, 0.6) is 5.88 Å². The maximum absolute atomic E-state index is 12.1. The summed E-state index contributed by atoms with van der Waals surface area (Å²) in [6, 6.07) is 11.1. The van der Waals surface area contributed by atoms with Gasteiger partial charge in [0, 0.05) is 6.07 Å². The first kappa shape index (κ1) is 16.1. The Morgan fingerprint density at radius 2 is 2.12 bits per heavy atom. The topological polar surface area (TPSA) is 82.2 Å². The Kier molecular flexibility index (Phi) is 4.52. The van der Waals surface area contributed by atoms with Crippen LogP contribution in [-0.4, -0.2) is 26.9 Å². The third-order valence-corrected chi connectivity index (χ3v) is 3.46. The largest absolute Gasteiger partial charge is 0.462 e. The molecule has 124 valence electrons. The molecule has 0 bridgehead atoms. The van der Waals surface area contributed by atoms with Gasteiger partial charge in [0.25, 0.3) is 11.8 Å². The Morgan fingerprint density at radius 1 is 1.38 bits per heavy atom. The van der Waals surface area contributed by atoms with Crippen LogP contribution in [-0.2, 0) is 4.79 Å². The number of nitrogens with one attached hydrogen (secondary N) is 1.